The van der Waals surface area contributed by atoms with Crippen molar-refractivity contribution in [2.75, 3.05) is 7.11 Å². The molecule has 3 nitrogen and oxygen atoms in total. The average molecular weight is 158 g/mol. The number of aliphatic hydroxyl groups excluding tert-OH is 1. The lowest BCUT2D eigenvalue weighted by atomic mass is 9.98. The van der Waals surface area contributed by atoms with E-state index in [1.807, 2.05) is 0 Å². The minimum Gasteiger partial charge on any atom is -0.467 e. The van der Waals surface area contributed by atoms with E-state index < -0.39 is 12.1 Å². The second kappa shape index (κ2) is 4.13. The van der Waals surface area contributed by atoms with E-state index in [2.05, 4.69) is 11.3 Å². The maximum absolute atomic E-state index is 10.7. The number of esters is 1. The maximum atomic E-state index is 10.7. The molecule has 0 rings (SSSR count). The smallest absolute Gasteiger partial charge is 0.335 e. The first-order chi connectivity index (χ1) is 5.00. The van der Waals surface area contributed by atoms with Crippen LogP contribution in [0.3, 0.4) is 0 Å². The van der Waals surface area contributed by atoms with Crippen molar-refractivity contribution < 1.29 is 14.6 Å². The largest absolute Gasteiger partial charge is 0.467 e. The lowest BCUT2D eigenvalue weighted by molar-refractivity contribution is -0.152. The molecule has 0 aromatic heterocycles. The summed E-state index contributed by atoms with van der Waals surface area (Å²) in [6.45, 7) is 7.11. The third kappa shape index (κ3) is 2.72. The Bertz CT molecular complexity index is 163. The third-order valence-corrected chi connectivity index (χ3v) is 1.69. The lowest BCUT2D eigenvalue weighted by Gasteiger charge is -2.15. The van der Waals surface area contributed by atoms with E-state index in [9.17, 15) is 9.90 Å². The van der Waals surface area contributed by atoms with E-state index in [4.69, 9.17) is 0 Å². The van der Waals surface area contributed by atoms with Crippen LogP contribution in [0.4, 0.5) is 0 Å². The van der Waals surface area contributed by atoms with Crippen LogP contribution in [-0.4, -0.2) is 24.3 Å². The predicted molar refractivity (Wildman–Crippen MR) is 42.0 cm³/mol. The highest BCUT2D eigenvalue weighted by molar-refractivity contribution is 5.74. The Morgan fingerprint density at radius 1 is 1.64 bits per heavy atom. The maximum Gasteiger partial charge on any atom is 0.335 e. The fourth-order valence-corrected chi connectivity index (χ4v) is 0.594. The normalized spacial score (nSPS) is 15.3. The van der Waals surface area contributed by atoms with Gasteiger partial charge in [-0.25, -0.2) is 4.79 Å². The Kier molecular flexibility index (Phi) is 3.82. The molecule has 11 heavy (non-hydrogen) atoms. The zero-order valence-corrected chi connectivity index (χ0v) is 7.13. The Morgan fingerprint density at radius 2 is 2.09 bits per heavy atom. The first kappa shape index (κ1) is 10.2. The molecule has 0 heterocycles. The van der Waals surface area contributed by atoms with Gasteiger partial charge >= 0.3 is 5.97 Å². The number of carbonyl (C=O) groups is 1. The second-order valence-electron chi connectivity index (χ2n) is 2.60. The number of ether oxygens (including phenoxy) is 1. The highest BCUT2D eigenvalue weighted by atomic mass is 16.5. The molecule has 0 saturated carbocycles. The van der Waals surface area contributed by atoms with Crippen molar-refractivity contribution in [2.24, 2.45) is 5.92 Å². The number of carbonyl (C=O) groups excluding carboxylic acids is 1. The zero-order valence-electron chi connectivity index (χ0n) is 7.13. The summed E-state index contributed by atoms with van der Waals surface area (Å²) in [5.41, 5.74) is 0.767. The van der Waals surface area contributed by atoms with Gasteiger partial charge in [0.2, 0.25) is 0 Å². The van der Waals surface area contributed by atoms with Crippen LogP contribution in [0, 0.1) is 5.92 Å². The molecule has 0 aromatic carbocycles. The van der Waals surface area contributed by atoms with Crippen molar-refractivity contribution in [1.29, 1.82) is 0 Å². The van der Waals surface area contributed by atoms with Crippen LogP contribution in [0.2, 0.25) is 0 Å². The predicted octanol–water partition coefficient (Wildman–Crippen LogP) is 0.732. The van der Waals surface area contributed by atoms with Crippen molar-refractivity contribution in [2.45, 2.75) is 20.0 Å². The molecule has 3 heteroatoms. The van der Waals surface area contributed by atoms with Gasteiger partial charge in [-0.2, -0.15) is 0 Å². The minimum absolute atomic E-state index is 0.248. The summed E-state index contributed by atoms with van der Waals surface area (Å²) in [7, 11) is 1.25. The summed E-state index contributed by atoms with van der Waals surface area (Å²) in [4.78, 5) is 10.7. The molecule has 0 saturated heterocycles. The Morgan fingerprint density at radius 3 is 2.36 bits per heavy atom. The van der Waals surface area contributed by atoms with E-state index in [1.165, 1.54) is 7.11 Å². The van der Waals surface area contributed by atoms with Crippen molar-refractivity contribution >= 4 is 5.97 Å². The molecule has 0 amide bonds. The average Bonchev–Trinajstić information content (AvgIpc) is 2.00. The second-order valence-corrected chi connectivity index (χ2v) is 2.60. The highest BCUT2D eigenvalue weighted by Crippen LogP contribution is 2.12. The number of hydrogen-bond donors (Lipinski definition) is 1. The van der Waals surface area contributed by atoms with E-state index in [0.29, 0.717) is 0 Å². The number of rotatable bonds is 3. The van der Waals surface area contributed by atoms with Crippen LogP contribution in [0.25, 0.3) is 0 Å². The minimum atomic E-state index is -1.09. The molecule has 0 aliphatic carbocycles. The molecule has 0 aromatic rings. The van der Waals surface area contributed by atoms with Gasteiger partial charge in [-0.1, -0.05) is 19.1 Å². The van der Waals surface area contributed by atoms with Gasteiger partial charge in [-0.15, -0.1) is 0 Å². The van der Waals surface area contributed by atoms with E-state index >= 15 is 0 Å². The van der Waals surface area contributed by atoms with Gasteiger partial charge < -0.3 is 9.84 Å². The molecule has 0 aliphatic rings. The van der Waals surface area contributed by atoms with Crippen LogP contribution in [0.15, 0.2) is 12.2 Å². The molecule has 0 spiro atoms. The SMILES string of the molecule is C=C(C)[C@H](C)C(O)C(=O)OC. The Hall–Kier alpha value is -0.830. The summed E-state index contributed by atoms with van der Waals surface area (Å²) in [6.07, 6.45) is -1.09. The monoisotopic (exact) mass is 158 g/mol. The summed E-state index contributed by atoms with van der Waals surface area (Å²) in [5, 5.41) is 9.22. The molecule has 0 bridgehead atoms. The molecule has 1 unspecified atom stereocenters. The number of aliphatic hydroxyl groups is 1. The van der Waals surface area contributed by atoms with Gasteiger partial charge in [0.1, 0.15) is 0 Å². The number of methoxy groups -OCH3 is 1. The summed E-state index contributed by atoms with van der Waals surface area (Å²) < 4.78 is 4.35. The zero-order chi connectivity index (χ0) is 9.02. The third-order valence-electron chi connectivity index (χ3n) is 1.69. The van der Waals surface area contributed by atoms with Crippen LogP contribution in [0.1, 0.15) is 13.8 Å². The molecule has 0 radical (unpaired) electrons. The summed E-state index contributed by atoms with van der Waals surface area (Å²) in [6, 6.07) is 0. The molecule has 0 aliphatic heterocycles. The highest BCUT2D eigenvalue weighted by Gasteiger charge is 2.22. The number of hydrogen-bond acceptors (Lipinski definition) is 3. The molecule has 1 N–H and O–H groups in total. The van der Waals surface area contributed by atoms with Crippen LogP contribution in [0.5, 0.6) is 0 Å². The Balaban J connectivity index is 4.12. The molecule has 2 atom stereocenters. The van der Waals surface area contributed by atoms with Gasteiger partial charge in [0.05, 0.1) is 7.11 Å². The fourth-order valence-electron chi connectivity index (χ4n) is 0.594. The first-order valence-corrected chi connectivity index (χ1v) is 3.42. The molecule has 0 fully saturated rings. The molecular formula is C8H14O3. The lowest BCUT2D eigenvalue weighted by Crippen LogP contribution is -2.29. The van der Waals surface area contributed by atoms with Crippen LogP contribution >= 0.6 is 0 Å². The van der Waals surface area contributed by atoms with Crippen molar-refractivity contribution in [1.82, 2.24) is 0 Å². The van der Waals surface area contributed by atoms with E-state index in [-0.39, 0.29) is 5.92 Å². The van der Waals surface area contributed by atoms with E-state index in [1.54, 1.807) is 13.8 Å². The van der Waals surface area contributed by atoms with Crippen molar-refractivity contribution in [3.63, 3.8) is 0 Å². The van der Waals surface area contributed by atoms with Gasteiger partial charge in [0.25, 0.3) is 0 Å². The summed E-state index contributed by atoms with van der Waals surface area (Å²) >= 11 is 0. The van der Waals surface area contributed by atoms with Gasteiger partial charge in [-0.05, 0) is 6.92 Å². The summed E-state index contributed by atoms with van der Waals surface area (Å²) in [5.74, 6) is -0.858. The Labute approximate surface area is 66.7 Å². The van der Waals surface area contributed by atoms with Crippen LogP contribution < -0.4 is 0 Å². The first-order valence-electron chi connectivity index (χ1n) is 3.42. The van der Waals surface area contributed by atoms with Gasteiger partial charge in [0, 0.05) is 5.92 Å². The van der Waals surface area contributed by atoms with E-state index in [0.717, 1.165) is 5.57 Å². The van der Waals surface area contributed by atoms with Crippen molar-refractivity contribution in [3.05, 3.63) is 12.2 Å². The van der Waals surface area contributed by atoms with Crippen molar-refractivity contribution in [3.8, 4) is 0 Å². The quantitative estimate of drug-likeness (QED) is 0.486. The molecular weight excluding hydrogens is 144 g/mol. The van der Waals surface area contributed by atoms with Crippen LogP contribution in [-0.2, 0) is 9.53 Å². The van der Waals surface area contributed by atoms with Gasteiger partial charge in [0.15, 0.2) is 6.10 Å². The van der Waals surface area contributed by atoms with Gasteiger partial charge in [-0.3, -0.25) is 0 Å². The topological polar surface area (TPSA) is 46.5 Å². The standard InChI is InChI=1S/C8H14O3/c1-5(2)6(3)7(9)8(10)11-4/h6-7,9H,1H2,2-4H3/t6-,7?/m0/s1. The fraction of sp³-hybridized carbons (Fsp3) is 0.625. The molecule has 64 valence electrons.